The summed E-state index contributed by atoms with van der Waals surface area (Å²) in [4.78, 5) is 14.4. The summed E-state index contributed by atoms with van der Waals surface area (Å²) in [6.45, 7) is 2.17. The van der Waals surface area contributed by atoms with Gasteiger partial charge in [0, 0.05) is 18.4 Å². The molecule has 3 N–H and O–H groups in total. The molecule has 1 aromatic rings. The van der Waals surface area contributed by atoms with Crippen LogP contribution in [-0.2, 0) is 4.79 Å². The van der Waals surface area contributed by atoms with Crippen molar-refractivity contribution in [3.8, 4) is 0 Å². The van der Waals surface area contributed by atoms with Crippen molar-refractivity contribution in [1.82, 2.24) is 10.3 Å². The van der Waals surface area contributed by atoms with Crippen LogP contribution in [0.25, 0.3) is 0 Å². The first kappa shape index (κ1) is 9.67. The Morgan fingerprint density at radius 1 is 1.62 bits per heavy atom. The zero-order valence-corrected chi connectivity index (χ0v) is 7.53. The number of aromatic nitrogens is 1. The Kier molecular flexibility index (Phi) is 3.40. The Morgan fingerprint density at radius 3 is 2.77 bits per heavy atom. The van der Waals surface area contributed by atoms with Crippen molar-refractivity contribution in [3.63, 3.8) is 0 Å². The molecule has 0 aromatic carbocycles. The zero-order chi connectivity index (χ0) is 9.68. The highest BCUT2D eigenvalue weighted by atomic mass is 16.1. The highest BCUT2D eigenvalue weighted by molar-refractivity contribution is 5.75. The molecule has 1 unspecified atom stereocenters. The van der Waals surface area contributed by atoms with E-state index in [1.807, 2.05) is 19.1 Å². The van der Waals surface area contributed by atoms with Gasteiger partial charge >= 0.3 is 0 Å². The van der Waals surface area contributed by atoms with Gasteiger partial charge in [0.2, 0.25) is 5.91 Å². The van der Waals surface area contributed by atoms with Crippen LogP contribution in [0.2, 0.25) is 0 Å². The number of primary amides is 1. The first-order valence-electron chi connectivity index (χ1n) is 4.12. The SMILES string of the molecule is CC(NCC(N)=O)c1ccncc1. The summed E-state index contributed by atoms with van der Waals surface area (Å²) in [7, 11) is 0. The van der Waals surface area contributed by atoms with Gasteiger partial charge in [0.1, 0.15) is 0 Å². The minimum Gasteiger partial charge on any atom is -0.369 e. The summed E-state index contributed by atoms with van der Waals surface area (Å²) in [5.74, 6) is -0.346. The van der Waals surface area contributed by atoms with Crippen molar-refractivity contribution in [1.29, 1.82) is 0 Å². The molecule has 13 heavy (non-hydrogen) atoms. The van der Waals surface area contributed by atoms with E-state index in [0.29, 0.717) is 0 Å². The molecular formula is C9H13N3O. The second-order valence-corrected chi connectivity index (χ2v) is 2.85. The fourth-order valence-corrected chi connectivity index (χ4v) is 1.02. The molecule has 1 amide bonds. The van der Waals surface area contributed by atoms with Crippen LogP contribution in [0.1, 0.15) is 18.5 Å². The number of rotatable bonds is 4. The van der Waals surface area contributed by atoms with E-state index >= 15 is 0 Å². The lowest BCUT2D eigenvalue weighted by Crippen LogP contribution is -2.30. The third-order valence-corrected chi connectivity index (χ3v) is 1.79. The number of nitrogens with one attached hydrogen (secondary N) is 1. The Balaban J connectivity index is 2.49. The van der Waals surface area contributed by atoms with Crippen molar-refractivity contribution in [2.75, 3.05) is 6.54 Å². The first-order chi connectivity index (χ1) is 6.20. The van der Waals surface area contributed by atoms with Crippen LogP contribution in [0.4, 0.5) is 0 Å². The van der Waals surface area contributed by atoms with E-state index < -0.39 is 0 Å². The quantitative estimate of drug-likeness (QED) is 0.694. The molecular weight excluding hydrogens is 166 g/mol. The summed E-state index contributed by atoms with van der Waals surface area (Å²) >= 11 is 0. The van der Waals surface area contributed by atoms with Crippen LogP contribution >= 0.6 is 0 Å². The largest absolute Gasteiger partial charge is 0.369 e. The summed E-state index contributed by atoms with van der Waals surface area (Å²) in [5.41, 5.74) is 6.10. The average Bonchev–Trinajstić information content (AvgIpc) is 2.15. The van der Waals surface area contributed by atoms with Gasteiger partial charge in [0.15, 0.2) is 0 Å². The van der Waals surface area contributed by atoms with E-state index in [1.165, 1.54) is 0 Å². The lowest BCUT2D eigenvalue weighted by Gasteiger charge is -2.11. The number of hydrogen-bond acceptors (Lipinski definition) is 3. The van der Waals surface area contributed by atoms with Crippen LogP contribution in [0.5, 0.6) is 0 Å². The highest BCUT2D eigenvalue weighted by Gasteiger charge is 2.04. The molecule has 0 fully saturated rings. The monoisotopic (exact) mass is 179 g/mol. The molecule has 0 radical (unpaired) electrons. The number of pyridine rings is 1. The van der Waals surface area contributed by atoms with Gasteiger partial charge in [-0.25, -0.2) is 0 Å². The Morgan fingerprint density at radius 2 is 2.23 bits per heavy atom. The van der Waals surface area contributed by atoms with Crippen LogP contribution in [-0.4, -0.2) is 17.4 Å². The number of nitrogens with zero attached hydrogens (tertiary/aromatic N) is 1. The molecule has 1 rings (SSSR count). The van der Waals surface area contributed by atoms with Crippen molar-refractivity contribution < 1.29 is 4.79 Å². The zero-order valence-electron chi connectivity index (χ0n) is 7.53. The Hall–Kier alpha value is -1.42. The van der Waals surface area contributed by atoms with Crippen LogP contribution < -0.4 is 11.1 Å². The highest BCUT2D eigenvalue weighted by Crippen LogP contribution is 2.08. The molecule has 1 heterocycles. The van der Waals surface area contributed by atoms with Gasteiger partial charge in [-0.15, -0.1) is 0 Å². The lowest BCUT2D eigenvalue weighted by molar-refractivity contribution is -0.117. The second-order valence-electron chi connectivity index (χ2n) is 2.85. The van der Waals surface area contributed by atoms with E-state index in [1.54, 1.807) is 12.4 Å². The maximum atomic E-state index is 10.5. The molecule has 0 spiro atoms. The van der Waals surface area contributed by atoms with E-state index in [0.717, 1.165) is 5.56 Å². The number of amides is 1. The fraction of sp³-hybridized carbons (Fsp3) is 0.333. The van der Waals surface area contributed by atoms with Crippen LogP contribution in [0.3, 0.4) is 0 Å². The lowest BCUT2D eigenvalue weighted by atomic mass is 10.1. The standard InChI is InChI=1S/C9H13N3O/c1-7(12-6-9(10)13)8-2-4-11-5-3-8/h2-5,7,12H,6H2,1H3,(H2,10,13). The molecule has 70 valence electrons. The van der Waals surface area contributed by atoms with Gasteiger partial charge in [-0.1, -0.05) is 0 Å². The summed E-state index contributed by atoms with van der Waals surface area (Å²) in [5, 5.41) is 3.00. The van der Waals surface area contributed by atoms with E-state index in [-0.39, 0.29) is 18.5 Å². The van der Waals surface area contributed by atoms with Crippen molar-refractivity contribution in [2.45, 2.75) is 13.0 Å². The molecule has 0 aliphatic carbocycles. The van der Waals surface area contributed by atoms with Gasteiger partial charge < -0.3 is 11.1 Å². The predicted octanol–water partition coefficient (Wildman–Crippen LogP) is 0.217. The molecule has 1 aromatic heterocycles. The number of hydrogen-bond donors (Lipinski definition) is 2. The van der Waals surface area contributed by atoms with Crippen LogP contribution in [0.15, 0.2) is 24.5 Å². The first-order valence-corrected chi connectivity index (χ1v) is 4.12. The maximum Gasteiger partial charge on any atom is 0.231 e. The number of carbonyl (C=O) groups excluding carboxylic acids is 1. The fourth-order valence-electron chi connectivity index (χ4n) is 1.02. The van der Waals surface area contributed by atoms with Gasteiger partial charge in [-0.3, -0.25) is 9.78 Å². The Labute approximate surface area is 77.2 Å². The van der Waals surface area contributed by atoms with Gasteiger partial charge in [0.25, 0.3) is 0 Å². The predicted molar refractivity (Wildman–Crippen MR) is 49.8 cm³/mol. The molecule has 4 heteroatoms. The third-order valence-electron chi connectivity index (χ3n) is 1.79. The van der Waals surface area contributed by atoms with E-state index in [9.17, 15) is 4.79 Å². The number of carbonyl (C=O) groups is 1. The molecule has 4 nitrogen and oxygen atoms in total. The minimum atomic E-state index is -0.346. The van der Waals surface area contributed by atoms with Crippen molar-refractivity contribution in [3.05, 3.63) is 30.1 Å². The summed E-state index contributed by atoms with van der Waals surface area (Å²) < 4.78 is 0. The summed E-state index contributed by atoms with van der Waals surface area (Å²) in [6, 6.07) is 3.92. The average molecular weight is 179 g/mol. The molecule has 0 aliphatic rings. The molecule has 0 saturated carbocycles. The molecule has 0 bridgehead atoms. The van der Waals surface area contributed by atoms with E-state index in [2.05, 4.69) is 10.3 Å². The molecule has 1 atom stereocenters. The third kappa shape index (κ3) is 3.21. The van der Waals surface area contributed by atoms with Crippen molar-refractivity contribution >= 4 is 5.91 Å². The van der Waals surface area contributed by atoms with E-state index in [4.69, 9.17) is 5.73 Å². The van der Waals surface area contributed by atoms with Crippen LogP contribution in [0, 0.1) is 0 Å². The summed E-state index contributed by atoms with van der Waals surface area (Å²) in [6.07, 6.45) is 3.44. The minimum absolute atomic E-state index is 0.121. The van der Waals surface area contributed by atoms with Gasteiger partial charge in [0.05, 0.1) is 6.54 Å². The molecule has 0 saturated heterocycles. The topological polar surface area (TPSA) is 68.0 Å². The normalized spacial score (nSPS) is 12.4. The van der Waals surface area contributed by atoms with Gasteiger partial charge in [-0.2, -0.15) is 0 Å². The smallest absolute Gasteiger partial charge is 0.231 e. The second kappa shape index (κ2) is 4.57. The van der Waals surface area contributed by atoms with Gasteiger partial charge in [-0.05, 0) is 24.6 Å². The Bertz CT molecular complexity index is 273. The number of nitrogens with two attached hydrogens (primary N) is 1. The maximum absolute atomic E-state index is 10.5. The molecule has 0 aliphatic heterocycles. The van der Waals surface area contributed by atoms with Crippen molar-refractivity contribution in [2.24, 2.45) is 5.73 Å².